The fourth-order valence-electron chi connectivity index (χ4n) is 1.07. The van der Waals surface area contributed by atoms with E-state index in [1.165, 1.54) is 0 Å². The smallest absolute Gasteiger partial charge is 0.128 e. The van der Waals surface area contributed by atoms with Crippen LogP contribution in [0.15, 0.2) is 45.6 Å². The van der Waals surface area contributed by atoms with Crippen LogP contribution < -0.4 is 0 Å². The normalized spacial score (nSPS) is 10.3. The molecule has 0 amide bonds. The number of hydrogen-bond acceptors (Lipinski definition) is 1. The molecule has 0 aliphatic carbocycles. The monoisotopic (exact) mass is 300 g/mol. The molecule has 4 heteroatoms. The number of nitrogens with zero attached hydrogens (tertiary/aromatic N) is 2. The second-order valence-electron chi connectivity index (χ2n) is 2.53. The van der Waals surface area contributed by atoms with E-state index in [9.17, 15) is 0 Å². The van der Waals surface area contributed by atoms with Crippen molar-refractivity contribution in [3.63, 3.8) is 0 Å². The molecule has 0 atom stereocenters. The van der Waals surface area contributed by atoms with Gasteiger partial charge in [0.15, 0.2) is 0 Å². The molecular weight excluding hydrogens is 296 g/mol. The van der Waals surface area contributed by atoms with Crippen LogP contribution in [0.3, 0.4) is 0 Å². The summed E-state index contributed by atoms with van der Waals surface area (Å²) >= 11 is 6.77. The number of halogens is 2. The van der Waals surface area contributed by atoms with Crippen molar-refractivity contribution < 1.29 is 0 Å². The third-order valence-corrected chi connectivity index (χ3v) is 2.75. The summed E-state index contributed by atoms with van der Waals surface area (Å²) < 4.78 is 3.68. The minimum absolute atomic E-state index is 0.836. The Labute approximate surface area is 92.8 Å². The maximum absolute atomic E-state index is 4.25. The molecule has 1 heterocycles. The highest BCUT2D eigenvalue weighted by Gasteiger charge is 2.01. The van der Waals surface area contributed by atoms with Gasteiger partial charge in [0.25, 0.3) is 0 Å². The lowest BCUT2D eigenvalue weighted by Gasteiger charge is -2.02. The van der Waals surface area contributed by atoms with E-state index in [1.54, 1.807) is 0 Å². The highest BCUT2D eigenvalue weighted by atomic mass is 79.9. The van der Waals surface area contributed by atoms with Gasteiger partial charge < -0.3 is 0 Å². The lowest BCUT2D eigenvalue weighted by molar-refractivity contribution is 0.866. The van der Waals surface area contributed by atoms with Gasteiger partial charge in [-0.05, 0) is 50.1 Å². The predicted molar refractivity (Wildman–Crippen MR) is 59.0 cm³/mol. The van der Waals surface area contributed by atoms with Crippen molar-refractivity contribution in [2.45, 2.75) is 0 Å². The number of aromatic nitrogens is 2. The molecule has 2 aromatic rings. The first kappa shape index (κ1) is 8.97. The van der Waals surface area contributed by atoms with E-state index in [4.69, 9.17) is 0 Å². The van der Waals surface area contributed by atoms with Crippen molar-refractivity contribution in [3.8, 4) is 5.69 Å². The summed E-state index contributed by atoms with van der Waals surface area (Å²) in [4.78, 5) is 0. The summed E-state index contributed by atoms with van der Waals surface area (Å²) in [5.74, 6) is 0. The van der Waals surface area contributed by atoms with Crippen LogP contribution in [0.4, 0.5) is 0 Å². The fraction of sp³-hybridized carbons (Fsp3) is 0. The molecule has 13 heavy (non-hydrogen) atoms. The summed E-state index contributed by atoms with van der Waals surface area (Å²) in [6.07, 6.45) is 1.91. The summed E-state index contributed by atoms with van der Waals surface area (Å²) in [6.45, 7) is 0. The summed E-state index contributed by atoms with van der Waals surface area (Å²) in [7, 11) is 0. The summed E-state index contributed by atoms with van der Waals surface area (Å²) in [6, 6.07) is 9.86. The minimum Gasteiger partial charge on any atom is -0.239 e. The molecule has 0 saturated heterocycles. The van der Waals surface area contributed by atoms with Gasteiger partial charge in [0.05, 0.1) is 5.69 Å². The summed E-state index contributed by atoms with van der Waals surface area (Å²) in [5, 5.41) is 4.25. The van der Waals surface area contributed by atoms with Crippen LogP contribution in [0, 0.1) is 0 Å². The molecule has 0 aliphatic heterocycles. The highest BCUT2D eigenvalue weighted by Crippen LogP contribution is 2.20. The zero-order valence-corrected chi connectivity index (χ0v) is 9.79. The van der Waals surface area contributed by atoms with Crippen LogP contribution in [0.5, 0.6) is 0 Å². The van der Waals surface area contributed by atoms with E-state index in [2.05, 4.69) is 37.0 Å². The topological polar surface area (TPSA) is 17.8 Å². The van der Waals surface area contributed by atoms with Crippen LogP contribution >= 0.6 is 31.9 Å². The minimum atomic E-state index is 0.836. The maximum atomic E-state index is 4.25. The number of rotatable bonds is 1. The van der Waals surface area contributed by atoms with E-state index in [1.807, 2.05) is 41.2 Å². The average Bonchev–Trinajstić information content (AvgIpc) is 2.53. The molecule has 0 unspecified atom stereocenters. The first-order valence-corrected chi connectivity index (χ1v) is 5.32. The van der Waals surface area contributed by atoms with Crippen molar-refractivity contribution in [3.05, 3.63) is 45.6 Å². The molecule has 66 valence electrons. The molecule has 0 aliphatic rings. The van der Waals surface area contributed by atoms with Gasteiger partial charge in [0.1, 0.15) is 4.60 Å². The van der Waals surface area contributed by atoms with Crippen molar-refractivity contribution >= 4 is 31.9 Å². The second kappa shape index (κ2) is 3.64. The van der Waals surface area contributed by atoms with Crippen molar-refractivity contribution in [1.82, 2.24) is 9.78 Å². The van der Waals surface area contributed by atoms with Gasteiger partial charge in [-0.3, -0.25) is 0 Å². The molecule has 0 saturated carbocycles. The van der Waals surface area contributed by atoms with Crippen LogP contribution in [0.25, 0.3) is 5.69 Å². The zero-order valence-electron chi connectivity index (χ0n) is 6.61. The standard InChI is InChI=1S/C9H6Br2N2/c10-7-3-1-2-4-8(7)13-6-5-9(11)12-13/h1-6H. The molecule has 2 rings (SSSR count). The lowest BCUT2D eigenvalue weighted by Crippen LogP contribution is -1.94. The Bertz CT molecular complexity index is 423. The Kier molecular flexibility index (Phi) is 2.51. The third kappa shape index (κ3) is 1.84. The SMILES string of the molecule is Brc1ccn(-c2ccccc2Br)n1. The van der Waals surface area contributed by atoms with Crippen molar-refractivity contribution in [1.29, 1.82) is 0 Å². The first-order chi connectivity index (χ1) is 6.27. The van der Waals surface area contributed by atoms with Crippen LogP contribution in [-0.2, 0) is 0 Å². The zero-order chi connectivity index (χ0) is 9.26. The van der Waals surface area contributed by atoms with Gasteiger partial charge in [-0.15, -0.1) is 0 Å². The first-order valence-electron chi connectivity index (χ1n) is 3.73. The molecule has 1 aromatic carbocycles. The van der Waals surface area contributed by atoms with Gasteiger partial charge in [-0.2, -0.15) is 5.10 Å². The number of hydrogen-bond donors (Lipinski definition) is 0. The Morgan fingerprint density at radius 1 is 1.08 bits per heavy atom. The Morgan fingerprint density at radius 2 is 1.85 bits per heavy atom. The largest absolute Gasteiger partial charge is 0.239 e. The third-order valence-electron chi connectivity index (χ3n) is 1.66. The van der Waals surface area contributed by atoms with Gasteiger partial charge in [-0.25, -0.2) is 4.68 Å². The van der Waals surface area contributed by atoms with Crippen molar-refractivity contribution in [2.75, 3.05) is 0 Å². The van der Waals surface area contributed by atoms with Crippen LogP contribution in [-0.4, -0.2) is 9.78 Å². The lowest BCUT2D eigenvalue weighted by atomic mass is 10.3. The fourth-order valence-corrected chi connectivity index (χ4v) is 1.83. The molecule has 0 bridgehead atoms. The van der Waals surface area contributed by atoms with Gasteiger partial charge in [0, 0.05) is 10.7 Å². The van der Waals surface area contributed by atoms with Crippen molar-refractivity contribution in [2.24, 2.45) is 0 Å². The molecule has 0 fully saturated rings. The maximum Gasteiger partial charge on any atom is 0.128 e. The molecule has 1 aromatic heterocycles. The quantitative estimate of drug-likeness (QED) is 0.789. The van der Waals surface area contributed by atoms with Gasteiger partial charge in [0.2, 0.25) is 0 Å². The Morgan fingerprint density at radius 3 is 2.46 bits per heavy atom. The Balaban J connectivity index is 2.52. The van der Waals surface area contributed by atoms with Crippen LogP contribution in [0.1, 0.15) is 0 Å². The van der Waals surface area contributed by atoms with E-state index in [0.29, 0.717) is 0 Å². The predicted octanol–water partition coefficient (Wildman–Crippen LogP) is 3.40. The molecule has 0 spiro atoms. The van der Waals surface area contributed by atoms with Gasteiger partial charge in [-0.1, -0.05) is 12.1 Å². The van der Waals surface area contributed by atoms with E-state index in [0.717, 1.165) is 14.8 Å². The average molecular weight is 302 g/mol. The van der Waals surface area contributed by atoms with E-state index < -0.39 is 0 Å². The molecule has 0 N–H and O–H groups in total. The second-order valence-corrected chi connectivity index (χ2v) is 4.20. The molecular formula is C9H6Br2N2. The van der Waals surface area contributed by atoms with Crippen LogP contribution in [0.2, 0.25) is 0 Å². The summed E-state index contributed by atoms with van der Waals surface area (Å²) in [5.41, 5.74) is 1.04. The molecule has 0 radical (unpaired) electrons. The van der Waals surface area contributed by atoms with E-state index in [-0.39, 0.29) is 0 Å². The van der Waals surface area contributed by atoms with E-state index >= 15 is 0 Å². The van der Waals surface area contributed by atoms with Gasteiger partial charge >= 0.3 is 0 Å². The molecule has 2 nitrogen and oxygen atoms in total. The number of para-hydroxylation sites is 1. The Hall–Kier alpha value is -0.610. The number of benzene rings is 1. The highest BCUT2D eigenvalue weighted by molar-refractivity contribution is 9.10.